The lowest BCUT2D eigenvalue weighted by Crippen LogP contribution is -2.56. The van der Waals surface area contributed by atoms with Gasteiger partial charge in [-0.05, 0) is 49.4 Å². The first-order valence-electron chi connectivity index (χ1n) is 14.8. The van der Waals surface area contributed by atoms with Crippen molar-refractivity contribution >= 4 is 51.1 Å². The monoisotopic (exact) mass is 665 g/mol. The van der Waals surface area contributed by atoms with Gasteiger partial charge in [0.2, 0.25) is 11.8 Å². The van der Waals surface area contributed by atoms with E-state index < -0.39 is 22.6 Å². The van der Waals surface area contributed by atoms with Crippen molar-refractivity contribution < 1.29 is 19.5 Å². The molecule has 1 N–H and O–H groups in total. The maximum atomic E-state index is 14.8. The number of aliphatic hydroxyl groups excluding tert-OH is 1. The van der Waals surface area contributed by atoms with Crippen molar-refractivity contribution in [2.45, 2.75) is 54.1 Å². The van der Waals surface area contributed by atoms with Gasteiger partial charge < -0.3 is 19.8 Å². The number of aryl methyl sites for hydroxylation is 2. The van der Waals surface area contributed by atoms with Gasteiger partial charge in [-0.2, -0.15) is 0 Å². The van der Waals surface area contributed by atoms with Crippen molar-refractivity contribution in [1.82, 2.24) is 9.80 Å². The van der Waals surface area contributed by atoms with Gasteiger partial charge in [0.1, 0.15) is 6.04 Å². The minimum atomic E-state index is -0.772. The summed E-state index contributed by atoms with van der Waals surface area (Å²) in [6, 6.07) is 15.1. The van der Waals surface area contributed by atoms with Gasteiger partial charge in [-0.25, -0.2) is 0 Å². The van der Waals surface area contributed by atoms with Crippen LogP contribution in [-0.4, -0.2) is 79.7 Å². The van der Waals surface area contributed by atoms with Crippen LogP contribution in [0.4, 0.5) is 5.69 Å². The van der Waals surface area contributed by atoms with Crippen molar-refractivity contribution in [1.29, 1.82) is 0 Å². The molecule has 7 nitrogen and oxygen atoms in total. The molecule has 2 bridgehead atoms. The third-order valence-electron chi connectivity index (χ3n) is 8.98. The Morgan fingerprint density at radius 2 is 1.84 bits per heavy atom. The number of hydrogen-bond acceptors (Lipinski definition) is 5. The van der Waals surface area contributed by atoms with Crippen LogP contribution in [0.2, 0.25) is 0 Å². The van der Waals surface area contributed by atoms with Crippen molar-refractivity contribution in [3.05, 3.63) is 90.5 Å². The van der Waals surface area contributed by atoms with Crippen LogP contribution in [0.1, 0.15) is 29.5 Å². The fraction of sp³-hybridized carbons (Fsp3) is 0.441. The molecule has 43 heavy (non-hydrogen) atoms. The van der Waals surface area contributed by atoms with E-state index in [0.29, 0.717) is 32.5 Å². The molecule has 3 heterocycles. The molecule has 0 aromatic heterocycles. The second-order valence-corrected chi connectivity index (χ2v) is 14.5. The predicted octanol–water partition coefficient (Wildman–Crippen LogP) is 4.88. The molecule has 3 saturated heterocycles. The van der Waals surface area contributed by atoms with E-state index in [1.807, 2.05) is 62.4 Å². The summed E-state index contributed by atoms with van der Waals surface area (Å²) in [6.07, 6.45) is 4.38. The molecular weight excluding hydrogens is 626 g/mol. The molecule has 0 radical (unpaired) electrons. The normalized spacial score (nSPS) is 27.2. The quantitative estimate of drug-likeness (QED) is 0.258. The van der Waals surface area contributed by atoms with Crippen LogP contribution in [0.3, 0.4) is 0 Å². The molecule has 0 saturated carbocycles. The van der Waals surface area contributed by atoms with Gasteiger partial charge >= 0.3 is 0 Å². The molecule has 3 aliphatic rings. The highest BCUT2D eigenvalue weighted by Gasteiger charge is 2.76. The number of carbonyl (C=O) groups excluding carboxylic acids is 3. The van der Waals surface area contributed by atoms with Crippen LogP contribution in [-0.2, 0) is 20.9 Å². The first kappa shape index (κ1) is 31.5. The molecule has 3 unspecified atom stereocenters. The predicted molar refractivity (Wildman–Crippen MR) is 176 cm³/mol. The average Bonchev–Trinajstić information content (AvgIpc) is 3.59. The first-order chi connectivity index (χ1) is 20.7. The van der Waals surface area contributed by atoms with Gasteiger partial charge in [0.05, 0.1) is 16.6 Å². The Kier molecular flexibility index (Phi) is 9.54. The summed E-state index contributed by atoms with van der Waals surface area (Å²) in [5.74, 6) is -1.64. The van der Waals surface area contributed by atoms with Crippen LogP contribution in [0, 0.1) is 25.7 Å². The molecule has 0 aliphatic carbocycles. The van der Waals surface area contributed by atoms with Crippen LogP contribution in [0.5, 0.6) is 0 Å². The van der Waals surface area contributed by atoms with E-state index >= 15 is 0 Å². The lowest BCUT2D eigenvalue weighted by Gasteiger charge is -2.38. The average molecular weight is 667 g/mol. The van der Waals surface area contributed by atoms with Crippen LogP contribution in [0.25, 0.3) is 0 Å². The van der Waals surface area contributed by atoms with Crippen molar-refractivity contribution in [2.24, 2.45) is 11.8 Å². The Bertz CT molecular complexity index is 1400. The Balaban J connectivity index is 1.56. The number of rotatable bonds is 12. The minimum Gasteiger partial charge on any atom is -0.396 e. The summed E-state index contributed by atoms with van der Waals surface area (Å²) in [6.45, 7) is 13.0. The van der Waals surface area contributed by atoms with Crippen LogP contribution >= 0.6 is 27.7 Å². The van der Waals surface area contributed by atoms with Gasteiger partial charge in [-0.3, -0.25) is 14.4 Å². The first-order valence-corrected chi connectivity index (χ1v) is 16.6. The number of aliphatic hydroxyl groups is 1. The number of halogens is 1. The molecule has 228 valence electrons. The van der Waals surface area contributed by atoms with E-state index in [1.165, 1.54) is 0 Å². The summed E-state index contributed by atoms with van der Waals surface area (Å²) in [5, 5.41) is 9.59. The molecule has 5 rings (SSSR count). The highest BCUT2D eigenvalue weighted by molar-refractivity contribution is 9.09. The second-order valence-electron chi connectivity index (χ2n) is 11.8. The maximum Gasteiger partial charge on any atom is 0.251 e. The molecule has 3 fully saturated rings. The van der Waals surface area contributed by atoms with E-state index in [1.54, 1.807) is 38.6 Å². The summed E-state index contributed by atoms with van der Waals surface area (Å²) in [7, 11) is 0. The SMILES string of the molecule is C=CCN(Cc1ccccc1)C(=O)[C@H]1[C@H]2C(=O)N(CCCO)C(C(=O)N(CC=C)c3cc(C)ccc3C)C23CC(Br)[C@@H]1S3. The standard InChI is InChI=1S/C34H40BrN3O4S/c1-5-15-36(21-24-11-8-7-9-12-24)31(40)27-28-32(41)38(17-10-18-39)30(34(28)20-25(35)29(27)43-34)33(42)37(16-6-2)26-19-22(3)13-14-23(26)4/h5-9,11-14,19,25,27-30,39H,1-2,10,15-18,20-21H2,3-4H3/t25?,27-,28-,29-,30?,34?/m0/s1. The molecular formula is C34H40BrN3O4S. The highest BCUT2D eigenvalue weighted by atomic mass is 79.9. The second kappa shape index (κ2) is 13.0. The summed E-state index contributed by atoms with van der Waals surface area (Å²) in [4.78, 5) is 48.8. The fourth-order valence-corrected chi connectivity index (χ4v) is 10.8. The van der Waals surface area contributed by atoms with E-state index in [2.05, 4.69) is 29.1 Å². The molecule has 2 aromatic carbocycles. The van der Waals surface area contributed by atoms with Gasteiger partial charge in [0, 0.05) is 48.6 Å². The van der Waals surface area contributed by atoms with E-state index in [-0.39, 0.29) is 41.0 Å². The smallest absolute Gasteiger partial charge is 0.251 e. The number of alkyl halides is 1. The van der Waals surface area contributed by atoms with Gasteiger partial charge in [-0.15, -0.1) is 24.9 Å². The number of likely N-dealkylation sites (tertiary alicyclic amines) is 1. The number of carbonyl (C=O) groups is 3. The Morgan fingerprint density at radius 1 is 1.12 bits per heavy atom. The van der Waals surface area contributed by atoms with Crippen molar-refractivity contribution in [3.63, 3.8) is 0 Å². The summed E-state index contributed by atoms with van der Waals surface area (Å²) >= 11 is 5.50. The lowest BCUT2D eigenvalue weighted by molar-refractivity contribution is -0.144. The minimum absolute atomic E-state index is 0.0283. The molecule has 2 aromatic rings. The Hall–Kier alpha value is -2.88. The van der Waals surface area contributed by atoms with Crippen LogP contribution in [0.15, 0.2) is 73.8 Å². The molecule has 9 heteroatoms. The van der Waals surface area contributed by atoms with E-state index in [9.17, 15) is 19.5 Å². The number of benzene rings is 2. The maximum absolute atomic E-state index is 14.8. The molecule has 1 spiro atoms. The third kappa shape index (κ3) is 5.60. The lowest BCUT2D eigenvalue weighted by atomic mass is 9.70. The Morgan fingerprint density at radius 3 is 2.51 bits per heavy atom. The Labute approximate surface area is 267 Å². The molecule has 6 atom stereocenters. The summed E-state index contributed by atoms with van der Waals surface area (Å²) in [5.41, 5.74) is 3.78. The highest BCUT2D eigenvalue weighted by Crippen LogP contribution is 2.68. The number of anilines is 1. The zero-order valence-corrected chi connectivity index (χ0v) is 27.2. The number of fused-ring (bicyclic) bond motifs is 1. The zero-order chi connectivity index (χ0) is 30.9. The van der Waals surface area contributed by atoms with Crippen LogP contribution < -0.4 is 4.90 Å². The molecule has 3 aliphatic heterocycles. The third-order valence-corrected chi connectivity index (χ3v) is 12.2. The topological polar surface area (TPSA) is 81.2 Å². The number of nitrogens with zero attached hydrogens (tertiary/aromatic N) is 3. The molecule has 3 amide bonds. The largest absolute Gasteiger partial charge is 0.396 e. The van der Waals surface area contributed by atoms with Crippen molar-refractivity contribution in [3.8, 4) is 0 Å². The summed E-state index contributed by atoms with van der Waals surface area (Å²) < 4.78 is -0.771. The van der Waals surface area contributed by atoms with Gasteiger partial charge in [-0.1, -0.05) is 70.5 Å². The van der Waals surface area contributed by atoms with Gasteiger partial charge in [0.15, 0.2) is 0 Å². The number of thioether (sulfide) groups is 1. The fourth-order valence-electron chi connectivity index (χ4n) is 7.17. The van der Waals surface area contributed by atoms with Crippen molar-refractivity contribution in [2.75, 3.05) is 31.1 Å². The number of amides is 3. The van der Waals surface area contributed by atoms with E-state index in [0.717, 1.165) is 22.4 Å². The zero-order valence-electron chi connectivity index (χ0n) is 24.8. The van der Waals surface area contributed by atoms with E-state index in [4.69, 9.17) is 0 Å². The van der Waals surface area contributed by atoms with Gasteiger partial charge in [0.25, 0.3) is 5.91 Å². The number of hydrogen-bond donors (Lipinski definition) is 1.